The van der Waals surface area contributed by atoms with Gasteiger partial charge in [-0.25, -0.2) is 4.98 Å². The molecule has 1 heteroatoms. The average molecular weight is 245 g/mol. The van der Waals surface area contributed by atoms with Crippen LogP contribution in [0.3, 0.4) is 0 Å². The second-order valence-electron chi connectivity index (χ2n) is 5.22. The summed E-state index contributed by atoms with van der Waals surface area (Å²) in [4.78, 5) is 4.92. The van der Waals surface area contributed by atoms with Crippen LogP contribution in [0.25, 0.3) is 27.9 Å². The summed E-state index contributed by atoms with van der Waals surface area (Å²) in [6.45, 7) is 2.21. The Morgan fingerprint density at radius 2 is 1.89 bits per heavy atom. The van der Waals surface area contributed by atoms with Crippen LogP contribution in [0.1, 0.15) is 23.1 Å². The van der Waals surface area contributed by atoms with Crippen LogP contribution in [0.5, 0.6) is 0 Å². The van der Waals surface area contributed by atoms with Crippen LogP contribution < -0.4 is 0 Å². The zero-order valence-corrected chi connectivity index (χ0v) is 11.0. The SMILES string of the molecule is Cc1c2ccccc2nc2c3c(ccc12)C=CCC3. The molecule has 0 bridgehead atoms. The van der Waals surface area contributed by atoms with Gasteiger partial charge in [-0.2, -0.15) is 0 Å². The van der Waals surface area contributed by atoms with Crippen molar-refractivity contribution in [2.75, 3.05) is 0 Å². The Balaban J connectivity index is 2.21. The fourth-order valence-electron chi connectivity index (χ4n) is 3.09. The van der Waals surface area contributed by atoms with E-state index in [1.54, 1.807) is 0 Å². The average Bonchev–Trinajstić information content (AvgIpc) is 2.47. The Labute approximate surface area is 112 Å². The van der Waals surface area contributed by atoms with E-state index in [0.29, 0.717) is 0 Å². The summed E-state index contributed by atoms with van der Waals surface area (Å²) in [5.41, 5.74) is 6.39. The molecule has 1 nitrogen and oxygen atoms in total. The van der Waals surface area contributed by atoms with Crippen molar-refractivity contribution < 1.29 is 0 Å². The van der Waals surface area contributed by atoms with Crippen molar-refractivity contribution in [2.24, 2.45) is 0 Å². The number of aromatic nitrogens is 1. The molecule has 92 valence electrons. The first kappa shape index (κ1) is 10.7. The summed E-state index contributed by atoms with van der Waals surface area (Å²) in [5.74, 6) is 0. The van der Waals surface area contributed by atoms with E-state index in [1.807, 2.05) is 0 Å². The van der Waals surface area contributed by atoms with Gasteiger partial charge in [-0.15, -0.1) is 0 Å². The molecular formula is C18H15N. The molecule has 4 rings (SSSR count). The van der Waals surface area contributed by atoms with Crippen LogP contribution in [-0.4, -0.2) is 4.98 Å². The van der Waals surface area contributed by atoms with Gasteiger partial charge in [-0.3, -0.25) is 0 Å². The Hall–Kier alpha value is -2.15. The minimum absolute atomic E-state index is 1.11. The summed E-state index contributed by atoms with van der Waals surface area (Å²) in [5, 5.41) is 2.56. The highest BCUT2D eigenvalue weighted by Gasteiger charge is 2.13. The van der Waals surface area contributed by atoms with E-state index < -0.39 is 0 Å². The fourth-order valence-corrected chi connectivity index (χ4v) is 3.09. The summed E-state index contributed by atoms with van der Waals surface area (Å²) < 4.78 is 0. The molecule has 0 saturated heterocycles. The van der Waals surface area contributed by atoms with Gasteiger partial charge in [-0.1, -0.05) is 42.5 Å². The third-order valence-corrected chi connectivity index (χ3v) is 4.12. The zero-order valence-electron chi connectivity index (χ0n) is 11.0. The van der Waals surface area contributed by atoms with E-state index in [2.05, 4.69) is 55.5 Å². The van der Waals surface area contributed by atoms with Crippen LogP contribution in [0.15, 0.2) is 42.5 Å². The van der Waals surface area contributed by atoms with Gasteiger partial charge in [0.15, 0.2) is 0 Å². The number of hydrogen-bond acceptors (Lipinski definition) is 1. The monoisotopic (exact) mass is 245 g/mol. The molecule has 2 aromatic carbocycles. The molecule has 0 N–H and O–H groups in total. The van der Waals surface area contributed by atoms with Gasteiger partial charge in [0.05, 0.1) is 11.0 Å². The van der Waals surface area contributed by atoms with E-state index in [4.69, 9.17) is 4.98 Å². The zero-order chi connectivity index (χ0) is 12.8. The molecule has 0 radical (unpaired) electrons. The van der Waals surface area contributed by atoms with Crippen molar-refractivity contribution in [3.8, 4) is 0 Å². The third kappa shape index (κ3) is 1.51. The second-order valence-corrected chi connectivity index (χ2v) is 5.22. The number of allylic oxidation sites excluding steroid dienone is 1. The molecule has 0 spiro atoms. The molecule has 1 aromatic heterocycles. The van der Waals surface area contributed by atoms with E-state index >= 15 is 0 Å². The van der Waals surface area contributed by atoms with Crippen LogP contribution in [-0.2, 0) is 6.42 Å². The first-order chi connectivity index (χ1) is 9.34. The number of fused-ring (bicyclic) bond motifs is 4. The van der Waals surface area contributed by atoms with E-state index in [9.17, 15) is 0 Å². The van der Waals surface area contributed by atoms with Crippen molar-refractivity contribution in [2.45, 2.75) is 19.8 Å². The molecule has 1 heterocycles. The second kappa shape index (κ2) is 3.92. The molecule has 3 aromatic rings. The van der Waals surface area contributed by atoms with Crippen molar-refractivity contribution in [1.29, 1.82) is 0 Å². The van der Waals surface area contributed by atoms with Crippen LogP contribution >= 0.6 is 0 Å². The first-order valence-electron chi connectivity index (χ1n) is 6.82. The summed E-state index contributed by atoms with van der Waals surface area (Å²) in [6, 6.07) is 12.9. The molecule has 0 saturated carbocycles. The van der Waals surface area contributed by atoms with Gasteiger partial charge in [0.2, 0.25) is 0 Å². The largest absolute Gasteiger partial charge is 0.247 e. The summed E-state index contributed by atoms with van der Waals surface area (Å²) in [6.07, 6.45) is 6.71. The summed E-state index contributed by atoms with van der Waals surface area (Å²) >= 11 is 0. The Morgan fingerprint density at radius 1 is 1.00 bits per heavy atom. The van der Waals surface area contributed by atoms with Gasteiger partial charge >= 0.3 is 0 Å². The maximum Gasteiger partial charge on any atom is 0.0750 e. The Morgan fingerprint density at radius 3 is 2.84 bits per heavy atom. The molecule has 0 unspecified atom stereocenters. The maximum atomic E-state index is 4.92. The molecule has 1 aliphatic rings. The minimum atomic E-state index is 1.11. The Kier molecular flexibility index (Phi) is 2.22. The molecule has 0 aliphatic heterocycles. The van der Waals surface area contributed by atoms with E-state index in [-0.39, 0.29) is 0 Å². The van der Waals surface area contributed by atoms with Gasteiger partial charge in [0.25, 0.3) is 0 Å². The van der Waals surface area contributed by atoms with E-state index in [1.165, 1.54) is 33.0 Å². The van der Waals surface area contributed by atoms with Gasteiger partial charge in [-0.05, 0) is 42.5 Å². The highest BCUT2D eigenvalue weighted by atomic mass is 14.7. The van der Waals surface area contributed by atoms with Gasteiger partial charge in [0.1, 0.15) is 0 Å². The molecule has 0 fully saturated rings. The van der Waals surface area contributed by atoms with Gasteiger partial charge in [0, 0.05) is 10.8 Å². The lowest BCUT2D eigenvalue weighted by Crippen LogP contribution is -1.98. The first-order valence-corrected chi connectivity index (χ1v) is 6.82. The number of para-hydroxylation sites is 1. The number of benzene rings is 2. The summed E-state index contributed by atoms with van der Waals surface area (Å²) in [7, 11) is 0. The lowest BCUT2D eigenvalue weighted by Gasteiger charge is -2.15. The molecule has 0 atom stereocenters. The van der Waals surface area contributed by atoms with Crippen LogP contribution in [0, 0.1) is 6.92 Å². The number of aryl methyl sites for hydroxylation is 2. The number of hydrogen-bond donors (Lipinski definition) is 0. The van der Waals surface area contributed by atoms with Gasteiger partial charge < -0.3 is 0 Å². The quantitative estimate of drug-likeness (QED) is 0.525. The maximum absolute atomic E-state index is 4.92. The predicted molar refractivity (Wildman–Crippen MR) is 81.3 cm³/mol. The van der Waals surface area contributed by atoms with Crippen molar-refractivity contribution in [3.05, 3.63) is 59.2 Å². The number of nitrogens with zero attached hydrogens (tertiary/aromatic N) is 1. The third-order valence-electron chi connectivity index (χ3n) is 4.12. The van der Waals surface area contributed by atoms with Crippen LogP contribution in [0.2, 0.25) is 0 Å². The smallest absolute Gasteiger partial charge is 0.0750 e. The Bertz CT molecular complexity index is 828. The minimum Gasteiger partial charge on any atom is -0.247 e. The topological polar surface area (TPSA) is 12.9 Å². The normalized spacial score (nSPS) is 13.9. The lowest BCUT2D eigenvalue weighted by atomic mass is 9.92. The number of rotatable bonds is 0. The van der Waals surface area contributed by atoms with Crippen molar-refractivity contribution in [1.82, 2.24) is 4.98 Å². The lowest BCUT2D eigenvalue weighted by molar-refractivity contribution is 0.993. The molecule has 0 amide bonds. The van der Waals surface area contributed by atoms with Crippen molar-refractivity contribution >= 4 is 27.9 Å². The van der Waals surface area contributed by atoms with Crippen molar-refractivity contribution in [3.63, 3.8) is 0 Å². The highest BCUT2D eigenvalue weighted by Crippen LogP contribution is 2.31. The highest BCUT2D eigenvalue weighted by molar-refractivity contribution is 5.99. The fraction of sp³-hybridized carbons (Fsp3) is 0.167. The number of pyridine rings is 1. The standard InChI is InChI=1S/C18H15N/c1-12-14-7-4-5-9-17(14)19-18-15(12)11-10-13-6-2-3-8-16(13)18/h2,4-7,9-11H,3,8H2,1H3. The molecule has 19 heavy (non-hydrogen) atoms. The molecular weight excluding hydrogens is 230 g/mol. The molecule has 1 aliphatic carbocycles. The predicted octanol–water partition coefficient (Wildman–Crippen LogP) is 4.66. The van der Waals surface area contributed by atoms with E-state index in [0.717, 1.165) is 18.4 Å². The van der Waals surface area contributed by atoms with Crippen LogP contribution in [0.4, 0.5) is 0 Å².